The number of hydrogen-bond acceptors (Lipinski definition) is 6. The van der Waals surface area contributed by atoms with E-state index in [9.17, 15) is 9.59 Å². The molecule has 204 valence electrons. The van der Waals surface area contributed by atoms with Gasteiger partial charge in [-0.05, 0) is 72.1 Å². The number of piperazine rings is 1. The van der Waals surface area contributed by atoms with E-state index in [1.54, 1.807) is 38.2 Å². The van der Waals surface area contributed by atoms with Crippen molar-refractivity contribution in [3.05, 3.63) is 109 Å². The Morgan fingerprint density at radius 2 is 1.27 bits per heavy atom. The summed E-state index contributed by atoms with van der Waals surface area (Å²) in [6, 6.07) is 32.2. The third-order valence-corrected chi connectivity index (χ3v) is 7.26. The topological polar surface area (TPSA) is 68.3 Å². The number of hydrogen-bond donors (Lipinski definition) is 0. The van der Waals surface area contributed by atoms with Crippen LogP contribution in [0.25, 0.3) is 11.1 Å². The summed E-state index contributed by atoms with van der Waals surface area (Å²) in [5, 5.41) is 0. The predicted octanol–water partition coefficient (Wildman–Crippen LogP) is 5.68. The van der Waals surface area contributed by atoms with Crippen molar-refractivity contribution in [2.45, 2.75) is 12.5 Å². The summed E-state index contributed by atoms with van der Waals surface area (Å²) in [7, 11) is 3.20. The Labute approximate surface area is 234 Å². The van der Waals surface area contributed by atoms with Crippen molar-refractivity contribution < 1.29 is 23.8 Å². The summed E-state index contributed by atoms with van der Waals surface area (Å²) < 4.78 is 16.3. The van der Waals surface area contributed by atoms with Gasteiger partial charge in [-0.2, -0.15) is 0 Å². The molecule has 0 aromatic heterocycles. The molecule has 1 unspecified atom stereocenters. The minimum atomic E-state index is -1.75. The normalized spacial score (nSPS) is 16.9. The first kappa shape index (κ1) is 26.8. The van der Waals surface area contributed by atoms with E-state index in [0.29, 0.717) is 41.5 Å². The highest BCUT2D eigenvalue weighted by atomic mass is 16.5. The lowest BCUT2D eigenvalue weighted by molar-refractivity contribution is -0.154. The maximum Gasteiger partial charge on any atom is 0.346 e. The molecule has 5 rings (SSSR count). The average Bonchev–Trinajstić information content (AvgIpc) is 3.02. The van der Waals surface area contributed by atoms with Gasteiger partial charge in [0.25, 0.3) is 5.91 Å². The monoisotopic (exact) mass is 536 g/mol. The second kappa shape index (κ2) is 11.5. The van der Waals surface area contributed by atoms with Crippen molar-refractivity contribution in [1.29, 1.82) is 0 Å². The predicted molar refractivity (Wildman–Crippen MR) is 156 cm³/mol. The minimum Gasteiger partial charge on any atom is -0.497 e. The lowest BCUT2D eigenvalue weighted by Crippen LogP contribution is -2.68. The molecule has 1 aliphatic heterocycles. The van der Waals surface area contributed by atoms with Gasteiger partial charge in [-0.3, -0.25) is 4.79 Å². The van der Waals surface area contributed by atoms with Gasteiger partial charge in [-0.25, -0.2) is 4.79 Å². The molecule has 7 nitrogen and oxygen atoms in total. The van der Waals surface area contributed by atoms with Gasteiger partial charge in [-0.15, -0.1) is 0 Å². The quantitative estimate of drug-likeness (QED) is 0.213. The fourth-order valence-electron chi connectivity index (χ4n) is 5.24. The van der Waals surface area contributed by atoms with Gasteiger partial charge in [0.05, 0.1) is 20.8 Å². The molecule has 1 fully saturated rings. The number of esters is 1. The first-order valence-electron chi connectivity index (χ1n) is 13.2. The van der Waals surface area contributed by atoms with E-state index in [1.807, 2.05) is 95.9 Å². The van der Waals surface area contributed by atoms with Gasteiger partial charge >= 0.3 is 5.97 Å². The number of benzene rings is 4. The molecule has 1 aliphatic rings. The Balaban J connectivity index is 1.68. The third kappa shape index (κ3) is 4.75. The van der Waals surface area contributed by atoms with Crippen LogP contribution in [-0.4, -0.2) is 45.8 Å². The third-order valence-electron chi connectivity index (χ3n) is 7.26. The zero-order chi connectivity index (χ0) is 28.1. The molecule has 4 aromatic carbocycles. The molecule has 0 N–H and O–H groups in total. The summed E-state index contributed by atoms with van der Waals surface area (Å²) in [6.07, 6.45) is 0. The average molecular weight is 537 g/mol. The van der Waals surface area contributed by atoms with Crippen molar-refractivity contribution in [3.63, 3.8) is 0 Å². The Kier molecular flexibility index (Phi) is 7.73. The van der Waals surface area contributed by atoms with Crippen molar-refractivity contribution >= 4 is 23.3 Å². The van der Waals surface area contributed by atoms with E-state index < -0.39 is 11.5 Å². The number of carbonyl (C=O) groups is 2. The molecule has 4 aromatic rings. The Bertz CT molecular complexity index is 1450. The van der Waals surface area contributed by atoms with Crippen LogP contribution < -0.4 is 19.3 Å². The standard InChI is InChI=1S/C33H32N2O5/c1-4-40-32(37)33(26-12-10-25(11-13-26)24-8-6-5-7-9-24)31(36)34(27-14-18-29(38-2)19-15-27)22-23-35(33)28-16-20-30(39-3)21-17-28/h5-21H,4,22-23H2,1-3H3. The van der Waals surface area contributed by atoms with E-state index in [4.69, 9.17) is 14.2 Å². The molecule has 1 amide bonds. The highest BCUT2D eigenvalue weighted by Gasteiger charge is 2.58. The van der Waals surface area contributed by atoms with Crippen LogP contribution in [0.5, 0.6) is 11.5 Å². The molecule has 40 heavy (non-hydrogen) atoms. The van der Waals surface area contributed by atoms with Crippen LogP contribution in [0, 0.1) is 0 Å². The van der Waals surface area contributed by atoms with E-state index in [1.165, 1.54) is 0 Å². The molecule has 1 saturated heterocycles. The van der Waals surface area contributed by atoms with Crippen LogP contribution in [0.3, 0.4) is 0 Å². The van der Waals surface area contributed by atoms with E-state index in [2.05, 4.69) is 0 Å². The van der Waals surface area contributed by atoms with Crippen molar-refractivity contribution in [2.24, 2.45) is 0 Å². The Hall–Kier alpha value is -4.78. The number of anilines is 2. The molecule has 0 aliphatic carbocycles. The zero-order valence-electron chi connectivity index (χ0n) is 22.9. The molecule has 1 heterocycles. The molecule has 0 spiro atoms. The van der Waals surface area contributed by atoms with E-state index in [-0.39, 0.29) is 12.5 Å². The smallest absolute Gasteiger partial charge is 0.346 e. The highest BCUT2D eigenvalue weighted by Crippen LogP contribution is 2.41. The van der Waals surface area contributed by atoms with Crippen LogP contribution in [0.4, 0.5) is 11.4 Å². The summed E-state index contributed by atoms with van der Waals surface area (Å²) >= 11 is 0. The first-order valence-corrected chi connectivity index (χ1v) is 13.2. The van der Waals surface area contributed by atoms with Crippen LogP contribution in [-0.2, 0) is 19.9 Å². The maximum absolute atomic E-state index is 14.7. The number of rotatable bonds is 8. The van der Waals surface area contributed by atoms with Crippen molar-refractivity contribution in [2.75, 3.05) is 43.7 Å². The van der Waals surface area contributed by atoms with Gasteiger partial charge in [0.15, 0.2) is 0 Å². The van der Waals surface area contributed by atoms with Gasteiger partial charge in [-0.1, -0.05) is 54.6 Å². The number of amides is 1. The fourth-order valence-corrected chi connectivity index (χ4v) is 5.24. The largest absolute Gasteiger partial charge is 0.497 e. The zero-order valence-corrected chi connectivity index (χ0v) is 22.9. The number of carbonyl (C=O) groups excluding carboxylic acids is 2. The van der Waals surface area contributed by atoms with Crippen LogP contribution in [0.1, 0.15) is 12.5 Å². The summed E-state index contributed by atoms with van der Waals surface area (Å²) in [5.74, 6) is 0.356. The van der Waals surface area contributed by atoms with E-state index >= 15 is 0 Å². The molecular weight excluding hydrogens is 504 g/mol. The number of ether oxygens (including phenoxy) is 3. The molecule has 0 saturated carbocycles. The Morgan fingerprint density at radius 1 is 0.725 bits per heavy atom. The van der Waals surface area contributed by atoms with Gasteiger partial charge < -0.3 is 24.0 Å². The molecule has 0 radical (unpaired) electrons. The minimum absolute atomic E-state index is 0.134. The van der Waals surface area contributed by atoms with E-state index in [0.717, 1.165) is 11.1 Å². The lowest BCUT2D eigenvalue weighted by atomic mass is 9.82. The lowest BCUT2D eigenvalue weighted by Gasteiger charge is -2.49. The van der Waals surface area contributed by atoms with Gasteiger partial charge in [0.1, 0.15) is 11.5 Å². The van der Waals surface area contributed by atoms with Crippen LogP contribution in [0.15, 0.2) is 103 Å². The summed E-state index contributed by atoms with van der Waals surface area (Å²) in [4.78, 5) is 32.3. The second-order valence-electron chi connectivity index (χ2n) is 9.38. The van der Waals surface area contributed by atoms with Crippen LogP contribution >= 0.6 is 0 Å². The SMILES string of the molecule is CCOC(=O)C1(c2ccc(-c3ccccc3)cc2)C(=O)N(c2ccc(OC)cc2)CCN1c1ccc(OC)cc1. The second-order valence-corrected chi connectivity index (χ2v) is 9.38. The van der Waals surface area contributed by atoms with Gasteiger partial charge in [0, 0.05) is 24.5 Å². The van der Waals surface area contributed by atoms with Gasteiger partial charge in [0.2, 0.25) is 5.54 Å². The number of methoxy groups -OCH3 is 2. The molecular formula is C33H32N2O5. The summed E-state index contributed by atoms with van der Waals surface area (Å²) in [5.41, 5.74) is 2.19. The highest BCUT2D eigenvalue weighted by molar-refractivity contribution is 6.18. The van der Waals surface area contributed by atoms with Crippen LogP contribution in [0.2, 0.25) is 0 Å². The Morgan fingerprint density at radius 3 is 1.82 bits per heavy atom. The molecule has 0 bridgehead atoms. The maximum atomic E-state index is 14.7. The molecule has 7 heteroatoms. The van der Waals surface area contributed by atoms with Crippen molar-refractivity contribution in [3.8, 4) is 22.6 Å². The molecule has 1 atom stereocenters. The number of nitrogens with zero attached hydrogens (tertiary/aromatic N) is 2. The van der Waals surface area contributed by atoms with Crippen molar-refractivity contribution in [1.82, 2.24) is 0 Å². The first-order chi connectivity index (χ1) is 19.5. The summed E-state index contributed by atoms with van der Waals surface area (Å²) in [6.45, 7) is 2.65. The fraction of sp³-hybridized carbons (Fsp3) is 0.212.